The zero-order valence-corrected chi connectivity index (χ0v) is 29.5. The lowest BCUT2D eigenvalue weighted by atomic mass is 9.50. The monoisotopic (exact) mass is 786 g/mol. The topological polar surface area (TPSA) is 93.1 Å². The molecular weight excluding hydrogens is 734 g/mol. The molecule has 4 fully saturated rings. The lowest BCUT2D eigenvalue weighted by molar-refractivity contribution is -0.203. The molecule has 9 atom stereocenters. The van der Waals surface area contributed by atoms with Crippen LogP contribution in [0, 0.1) is 35.0 Å². The number of esters is 2. The lowest BCUT2D eigenvalue weighted by Crippen LogP contribution is -2.59. The largest absolute Gasteiger partial charge is 0.464 e. The Morgan fingerprint density at radius 2 is 1.45 bits per heavy atom. The van der Waals surface area contributed by atoms with E-state index in [0.717, 1.165) is 83.5 Å². The first-order valence-corrected chi connectivity index (χ1v) is 18.3. The van der Waals surface area contributed by atoms with Crippen LogP contribution in [0.5, 0.6) is 0 Å². The maximum atomic E-state index is 12.7. The van der Waals surface area contributed by atoms with Crippen molar-refractivity contribution in [3.05, 3.63) is 0 Å². The molecule has 0 aromatic carbocycles. The van der Waals surface area contributed by atoms with Crippen molar-refractivity contribution in [2.24, 2.45) is 35.0 Å². The van der Waals surface area contributed by atoms with Gasteiger partial charge in [-0.15, -0.1) is 0 Å². The number of ether oxygens (including phenoxy) is 2. The molecule has 4 aliphatic carbocycles. The Morgan fingerprint density at radius 3 is 2.05 bits per heavy atom. The lowest BCUT2D eigenvalue weighted by Gasteiger charge is -2.58. The number of fused-ring (bicyclic) bond motifs is 4. The Hall–Kier alpha value is 0.320. The van der Waals surface area contributed by atoms with Gasteiger partial charge in [-0.1, -0.05) is 72.4 Å². The van der Waals surface area contributed by atoms with Crippen LogP contribution in [-0.2, 0) is 19.1 Å². The van der Waals surface area contributed by atoms with E-state index in [-0.39, 0.29) is 48.9 Å². The highest BCUT2D eigenvalue weighted by Crippen LogP contribution is 2.59. The molecule has 0 amide bonds. The molecule has 0 aliphatic heterocycles. The van der Waals surface area contributed by atoms with Gasteiger partial charge in [-0.05, 0) is 120 Å². The van der Waals surface area contributed by atoms with Crippen LogP contribution in [0.1, 0.15) is 118 Å². The van der Waals surface area contributed by atoms with Crippen molar-refractivity contribution in [1.82, 2.24) is 0 Å². The van der Waals surface area contributed by atoms with Crippen LogP contribution >= 0.6 is 45.2 Å². The van der Waals surface area contributed by atoms with E-state index < -0.39 is 16.8 Å². The van der Waals surface area contributed by atoms with Crippen molar-refractivity contribution < 1.29 is 29.3 Å². The molecule has 4 rings (SSSR count). The number of halogens is 2. The third-order valence-corrected chi connectivity index (χ3v) is 14.2. The maximum absolute atomic E-state index is 12.7. The molecule has 4 aliphatic rings. The fourth-order valence-corrected chi connectivity index (χ4v) is 9.36. The Morgan fingerprint density at radius 1 is 0.850 bits per heavy atom. The molecule has 0 aromatic rings. The molecule has 4 saturated carbocycles. The normalized spacial score (nSPS) is 44.4. The Kier molecular flexibility index (Phi) is 10.6. The van der Waals surface area contributed by atoms with Crippen molar-refractivity contribution in [1.29, 1.82) is 0 Å². The molecular formula is C32H52I2O6. The summed E-state index contributed by atoms with van der Waals surface area (Å²) in [7, 11) is 0. The summed E-state index contributed by atoms with van der Waals surface area (Å²) in [6.45, 7) is 10.8. The smallest absolute Gasteiger partial charge is 0.319 e. The first kappa shape index (κ1) is 33.2. The van der Waals surface area contributed by atoms with E-state index in [1.807, 2.05) is 20.8 Å². The average Bonchev–Trinajstić information content (AvgIpc) is 2.88. The molecule has 4 bridgehead atoms. The fourth-order valence-electron chi connectivity index (χ4n) is 9.05. The zero-order chi connectivity index (χ0) is 29.5. The van der Waals surface area contributed by atoms with Crippen LogP contribution in [0.25, 0.3) is 0 Å². The second-order valence-electron chi connectivity index (χ2n) is 14.6. The molecule has 2 N–H and O–H groups in total. The first-order valence-electron chi connectivity index (χ1n) is 15.8. The zero-order valence-electron chi connectivity index (χ0n) is 25.2. The van der Waals surface area contributed by atoms with Gasteiger partial charge in [0.1, 0.15) is 13.5 Å². The number of carbonyl (C=O) groups is 2. The molecule has 0 saturated heterocycles. The Balaban J connectivity index is 1.43. The number of carbonyl (C=O) groups excluding carboxylic acids is 2. The van der Waals surface area contributed by atoms with Crippen molar-refractivity contribution in [2.45, 2.75) is 143 Å². The minimum Gasteiger partial charge on any atom is -0.464 e. The van der Waals surface area contributed by atoms with Crippen LogP contribution in [0.3, 0.4) is 0 Å². The molecule has 0 heterocycles. The summed E-state index contributed by atoms with van der Waals surface area (Å²) in [5.74, 6) is 0.719. The quantitative estimate of drug-likeness (QED) is 0.139. The summed E-state index contributed by atoms with van der Waals surface area (Å²) in [5.41, 5.74) is -2.09. The fraction of sp³-hybridized carbons (Fsp3) is 0.938. The molecule has 6 nitrogen and oxygen atoms in total. The van der Waals surface area contributed by atoms with E-state index in [1.165, 1.54) is 0 Å². The summed E-state index contributed by atoms with van der Waals surface area (Å²) in [6, 6.07) is 0. The third-order valence-electron chi connectivity index (χ3n) is 11.4. The van der Waals surface area contributed by atoms with Gasteiger partial charge in [0, 0.05) is 5.41 Å². The highest BCUT2D eigenvalue weighted by atomic mass is 127. The number of hydrogen-bond donors (Lipinski definition) is 2. The molecule has 230 valence electrons. The number of alkyl halides is 2. The standard InChI is InChI=1S/C32H52I2O6/c1-6-25(33)27(35)39-19-29(3)15-21-12-11-20(24(18-29)31(21,5)37)13-14-32(38)22-9-8-10-23(32)17-30(4,16-22)40-28(36)26(34)7-2/h20-26,37-38H,6-19H2,1-5H3. The number of rotatable bonds is 10. The first-order chi connectivity index (χ1) is 18.7. The minimum absolute atomic E-state index is 0.115. The van der Waals surface area contributed by atoms with Crippen LogP contribution in [-0.4, -0.2) is 53.4 Å². The van der Waals surface area contributed by atoms with Gasteiger partial charge in [-0.25, -0.2) is 0 Å². The SMILES string of the molecule is CCC(I)C(=O)OCC1(C)CC2CCC(CCC3(O)C4CCCC3CC(C)(OC(=O)C(I)CC)C4)C(C1)C2(C)O. The van der Waals surface area contributed by atoms with E-state index in [9.17, 15) is 19.8 Å². The third kappa shape index (κ3) is 6.84. The number of hydrogen-bond acceptors (Lipinski definition) is 6. The predicted molar refractivity (Wildman–Crippen MR) is 174 cm³/mol. The van der Waals surface area contributed by atoms with Crippen LogP contribution in [0.15, 0.2) is 0 Å². The second-order valence-corrected chi connectivity index (χ2v) is 17.6. The van der Waals surface area contributed by atoms with Gasteiger partial charge in [0.25, 0.3) is 0 Å². The Bertz CT molecular complexity index is 909. The summed E-state index contributed by atoms with van der Waals surface area (Å²) >= 11 is 4.33. The van der Waals surface area contributed by atoms with Gasteiger partial charge in [0.15, 0.2) is 0 Å². The van der Waals surface area contributed by atoms with Crippen molar-refractivity contribution in [3.8, 4) is 0 Å². The van der Waals surface area contributed by atoms with Gasteiger partial charge in [0.2, 0.25) is 0 Å². The van der Waals surface area contributed by atoms with Crippen LogP contribution in [0.2, 0.25) is 0 Å². The van der Waals surface area contributed by atoms with Crippen LogP contribution < -0.4 is 0 Å². The van der Waals surface area contributed by atoms with E-state index in [1.54, 1.807) is 0 Å². The van der Waals surface area contributed by atoms with Gasteiger partial charge in [-0.2, -0.15) is 0 Å². The maximum Gasteiger partial charge on any atom is 0.319 e. The summed E-state index contributed by atoms with van der Waals surface area (Å²) in [5, 5.41) is 23.9. The van der Waals surface area contributed by atoms with Gasteiger partial charge < -0.3 is 19.7 Å². The second kappa shape index (κ2) is 12.7. The molecule has 8 heteroatoms. The Labute approximate surface area is 269 Å². The number of aliphatic hydroxyl groups is 2. The summed E-state index contributed by atoms with van der Waals surface area (Å²) in [4.78, 5) is 25.1. The van der Waals surface area contributed by atoms with Crippen molar-refractivity contribution in [2.75, 3.05) is 6.61 Å². The molecule has 9 unspecified atom stereocenters. The average molecular weight is 787 g/mol. The van der Waals surface area contributed by atoms with E-state index in [0.29, 0.717) is 12.5 Å². The van der Waals surface area contributed by atoms with E-state index in [4.69, 9.17) is 9.47 Å². The van der Waals surface area contributed by atoms with Crippen molar-refractivity contribution >= 4 is 57.1 Å². The van der Waals surface area contributed by atoms with E-state index >= 15 is 0 Å². The minimum atomic E-state index is -0.732. The van der Waals surface area contributed by atoms with Gasteiger partial charge in [-0.3, -0.25) is 9.59 Å². The summed E-state index contributed by atoms with van der Waals surface area (Å²) in [6.07, 6.45) is 11.5. The predicted octanol–water partition coefficient (Wildman–Crippen LogP) is 7.17. The van der Waals surface area contributed by atoms with Crippen LogP contribution in [0.4, 0.5) is 0 Å². The molecule has 0 spiro atoms. The molecule has 0 radical (unpaired) electrons. The van der Waals surface area contributed by atoms with Crippen molar-refractivity contribution in [3.63, 3.8) is 0 Å². The summed E-state index contributed by atoms with van der Waals surface area (Å²) < 4.78 is 11.6. The molecule has 0 aromatic heterocycles. The van der Waals surface area contributed by atoms with Gasteiger partial charge >= 0.3 is 11.9 Å². The van der Waals surface area contributed by atoms with E-state index in [2.05, 4.69) is 59.0 Å². The van der Waals surface area contributed by atoms with Gasteiger partial charge in [0.05, 0.1) is 17.8 Å². The molecule has 40 heavy (non-hydrogen) atoms. The highest BCUT2D eigenvalue weighted by Gasteiger charge is 2.58. The highest BCUT2D eigenvalue weighted by molar-refractivity contribution is 14.1.